The van der Waals surface area contributed by atoms with Crippen molar-refractivity contribution in [3.63, 3.8) is 0 Å². The lowest BCUT2D eigenvalue weighted by Crippen LogP contribution is -2.56. The van der Waals surface area contributed by atoms with Crippen LogP contribution in [-0.2, 0) is 11.3 Å². The van der Waals surface area contributed by atoms with Crippen LogP contribution in [0.3, 0.4) is 0 Å². The molecule has 38 heavy (non-hydrogen) atoms. The maximum absolute atomic E-state index is 10.2. The summed E-state index contributed by atoms with van der Waals surface area (Å²) >= 11 is 0. The van der Waals surface area contributed by atoms with Crippen LogP contribution in [0.5, 0.6) is 0 Å². The lowest BCUT2D eigenvalue weighted by molar-refractivity contribution is -0.173. The topological polar surface area (TPSA) is 29.5 Å². The summed E-state index contributed by atoms with van der Waals surface area (Å²) in [4.78, 5) is 0. The van der Waals surface area contributed by atoms with Crippen molar-refractivity contribution in [2.75, 3.05) is 0 Å². The van der Waals surface area contributed by atoms with E-state index >= 15 is 0 Å². The third-order valence-electron chi connectivity index (χ3n) is 13.0. The second kappa shape index (κ2) is 10.8. The number of hydrogen-bond donors (Lipinski definition) is 1. The van der Waals surface area contributed by atoms with Gasteiger partial charge in [-0.2, -0.15) is 0 Å². The van der Waals surface area contributed by atoms with Crippen molar-refractivity contribution < 1.29 is 9.84 Å². The predicted molar refractivity (Wildman–Crippen MR) is 159 cm³/mol. The van der Waals surface area contributed by atoms with Crippen LogP contribution < -0.4 is 0 Å². The molecule has 1 aromatic carbocycles. The number of benzene rings is 1. The highest BCUT2D eigenvalue weighted by molar-refractivity contribution is 5.14. The fourth-order valence-corrected chi connectivity index (χ4v) is 10.7. The fraction of sp³-hybridized carbons (Fsp3) is 0.833. The van der Waals surface area contributed by atoms with Crippen molar-refractivity contribution in [2.45, 2.75) is 143 Å². The van der Waals surface area contributed by atoms with Gasteiger partial charge in [-0.15, -0.1) is 0 Å². The van der Waals surface area contributed by atoms with E-state index in [1.807, 2.05) is 13.8 Å². The van der Waals surface area contributed by atoms with E-state index in [0.29, 0.717) is 10.8 Å². The maximum atomic E-state index is 10.2. The molecule has 0 bridgehead atoms. The molecule has 0 aliphatic heterocycles. The highest BCUT2D eigenvalue weighted by atomic mass is 16.5. The first kappa shape index (κ1) is 28.7. The SMILES string of the molecule is CC[C@]1(OCc2ccccc2)CC[C@@]2(C)[C@@H](CC[C@@H]3[C@@H]2CC[C@]2(C)[C@@H]([C@H](C)CCCC(C)(C)O)CC[C@@H]32)C1. The summed E-state index contributed by atoms with van der Waals surface area (Å²) in [5.74, 6) is 5.31. The summed E-state index contributed by atoms with van der Waals surface area (Å²) in [5, 5.41) is 10.2. The molecule has 0 aromatic heterocycles. The molecule has 214 valence electrons. The minimum absolute atomic E-state index is 0.0764. The van der Waals surface area contributed by atoms with Crippen LogP contribution in [0.2, 0.25) is 0 Å². The van der Waals surface area contributed by atoms with Gasteiger partial charge >= 0.3 is 0 Å². The van der Waals surface area contributed by atoms with Crippen molar-refractivity contribution in [1.82, 2.24) is 0 Å². The molecule has 1 aromatic rings. The van der Waals surface area contributed by atoms with E-state index in [1.54, 1.807) is 0 Å². The molecule has 0 amide bonds. The lowest BCUT2D eigenvalue weighted by atomic mass is 9.43. The monoisotopic (exact) mass is 522 g/mol. The van der Waals surface area contributed by atoms with Gasteiger partial charge in [-0.1, -0.05) is 70.9 Å². The molecule has 0 heterocycles. The van der Waals surface area contributed by atoms with Gasteiger partial charge in [0, 0.05) is 0 Å². The van der Waals surface area contributed by atoms with Gasteiger partial charge in [0.05, 0.1) is 17.8 Å². The van der Waals surface area contributed by atoms with Crippen LogP contribution in [0, 0.1) is 46.3 Å². The molecule has 9 atom stereocenters. The minimum Gasteiger partial charge on any atom is -0.390 e. The van der Waals surface area contributed by atoms with Crippen LogP contribution in [0.4, 0.5) is 0 Å². The zero-order valence-electron chi connectivity index (χ0n) is 25.6. The van der Waals surface area contributed by atoms with Gasteiger partial charge in [-0.3, -0.25) is 0 Å². The van der Waals surface area contributed by atoms with Crippen molar-refractivity contribution in [3.05, 3.63) is 35.9 Å². The zero-order chi connectivity index (χ0) is 27.2. The first-order chi connectivity index (χ1) is 18.0. The smallest absolute Gasteiger partial charge is 0.0724 e. The predicted octanol–water partition coefficient (Wildman–Crippen LogP) is 9.59. The van der Waals surface area contributed by atoms with Gasteiger partial charge in [0.2, 0.25) is 0 Å². The van der Waals surface area contributed by atoms with Gasteiger partial charge in [0.15, 0.2) is 0 Å². The molecule has 0 radical (unpaired) electrons. The third-order valence-corrected chi connectivity index (χ3v) is 13.0. The molecule has 4 aliphatic rings. The number of ether oxygens (including phenoxy) is 1. The van der Waals surface area contributed by atoms with Gasteiger partial charge in [0.1, 0.15) is 0 Å². The molecule has 4 aliphatic carbocycles. The van der Waals surface area contributed by atoms with Gasteiger partial charge < -0.3 is 9.84 Å². The van der Waals surface area contributed by atoms with Crippen LogP contribution >= 0.6 is 0 Å². The Kier molecular flexibility index (Phi) is 8.18. The van der Waals surface area contributed by atoms with Crippen LogP contribution in [0.1, 0.15) is 131 Å². The highest BCUT2D eigenvalue weighted by Crippen LogP contribution is 2.69. The molecule has 4 fully saturated rings. The third kappa shape index (κ3) is 5.39. The Hall–Kier alpha value is -0.860. The summed E-state index contributed by atoms with van der Waals surface area (Å²) < 4.78 is 6.80. The fourth-order valence-electron chi connectivity index (χ4n) is 10.7. The number of fused-ring (bicyclic) bond motifs is 5. The van der Waals surface area contributed by atoms with E-state index in [-0.39, 0.29) is 5.60 Å². The standard InChI is InChI=1S/C36H58O2/c1-7-36(38-25-27-13-9-8-10-14-27)23-22-34(5)28(24-36)15-16-29-31-18-17-30(35(31,6)21-19-32(29)34)26(2)12-11-20-33(3,4)37/h8-10,13-14,26,28-32,37H,7,11-12,15-25H2,1-6H3/t26-,28+,29+,30-,31+,32+,34+,35-,36+/m1/s1. The Balaban J connectivity index is 1.24. The highest BCUT2D eigenvalue weighted by Gasteiger charge is 2.61. The molecule has 2 heteroatoms. The van der Waals surface area contributed by atoms with Gasteiger partial charge in [0.25, 0.3) is 0 Å². The summed E-state index contributed by atoms with van der Waals surface area (Å²) in [5.41, 5.74) is 1.92. The Bertz CT molecular complexity index is 919. The van der Waals surface area contributed by atoms with E-state index in [9.17, 15) is 5.11 Å². The molecule has 2 nitrogen and oxygen atoms in total. The number of hydrogen-bond acceptors (Lipinski definition) is 2. The van der Waals surface area contributed by atoms with E-state index < -0.39 is 5.60 Å². The number of rotatable bonds is 9. The summed E-state index contributed by atoms with van der Waals surface area (Å²) in [6.45, 7) is 15.0. The summed E-state index contributed by atoms with van der Waals surface area (Å²) in [6, 6.07) is 10.8. The molecular weight excluding hydrogens is 464 g/mol. The first-order valence-corrected chi connectivity index (χ1v) is 16.4. The van der Waals surface area contributed by atoms with Crippen molar-refractivity contribution in [3.8, 4) is 0 Å². The van der Waals surface area contributed by atoms with Crippen molar-refractivity contribution >= 4 is 0 Å². The van der Waals surface area contributed by atoms with E-state index in [0.717, 1.165) is 55.0 Å². The molecule has 1 N–H and O–H groups in total. The number of aliphatic hydroxyl groups is 1. The quantitative estimate of drug-likeness (QED) is 0.350. The Morgan fingerprint density at radius 1 is 0.947 bits per heavy atom. The molecular formula is C36H58O2. The summed E-state index contributed by atoms with van der Waals surface area (Å²) in [7, 11) is 0. The van der Waals surface area contributed by atoms with E-state index in [1.165, 1.54) is 76.2 Å². The molecule has 4 saturated carbocycles. The average Bonchev–Trinajstić information content (AvgIpc) is 3.25. The Morgan fingerprint density at radius 2 is 1.68 bits per heavy atom. The molecule has 0 saturated heterocycles. The van der Waals surface area contributed by atoms with Crippen molar-refractivity contribution in [2.24, 2.45) is 46.3 Å². The average molecular weight is 523 g/mol. The normalized spacial score (nSPS) is 41.7. The second-order valence-electron chi connectivity index (χ2n) is 15.6. The zero-order valence-corrected chi connectivity index (χ0v) is 25.6. The van der Waals surface area contributed by atoms with Crippen molar-refractivity contribution in [1.29, 1.82) is 0 Å². The largest absolute Gasteiger partial charge is 0.390 e. The second-order valence-corrected chi connectivity index (χ2v) is 15.6. The van der Waals surface area contributed by atoms with E-state index in [4.69, 9.17) is 4.74 Å². The van der Waals surface area contributed by atoms with Gasteiger partial charge in [-0.05, 0) is 136 Å². The van der Waals surface area contributed by atoms with Crippen LogP contribution in [-0.4, -0.2) is 16.3 Å². The van der Waals surface area contributed by atoms with Crippen LogP contribution in [0.15, 0.2) is 30.3 Å². The van der Waals surface area contributed by atoms with Crippen LogP contribution in [0.25, 0.3) is 0 Å². The molecule has 0 spiro atoms. The van der Waals surface area contributed by atoms with E-state index in [2.05, 4.69) is 58.0 Å². The van der Waals surface area contributed by atoms with Gasteiger partial charge in [-0.25, -0.2) is 0 Å². The Morgan fingerprint density at radius 3 is 2.39 bits per heavy atom. The molecule has 0 unspecified atom stereocenters. The summed E-state index contributed by atoms with van der Waals surface area (Å²) in [6.07, 6.45) is 17.1. The maximum Gasteiger partial charge on any atom is 0.0724 e. The lowest BCUT2D eigenvalue weighted by Gasteiger charge is -2.62. The Labute approximate surface area is 234 Å². The first-order valence-electron chi connectivity index (χ1n) is 16.4. The minimum atomic E-state index is -0.518. The molecule has 5 rings (SSSR count).